The van der Waals surface area contributed by atoms with Crippen LogP contribution in [0.2, 0.25) is 0 Å². The molecule has 15 heavy (non-hydrogen) atoms. The van der Waals surface area contributed by atoms with E-state index in [2.05, 4.69) is 11.3 Å². The van der Waals surface area contributed by atoms with Crippen molar-refractivity contribution in [2.24, 2.45) is 0 Å². The molecule has 0 aromatic heterocycles. The molecule has 80 valence electrons. The molecule has 1 aromatic carbocycles. The van der Waals surface area contributed by atoms with Gasteiger partial charge in [-0.15, -0.1) is 0 Å². The number of esters is 1. The summed E-state index contributed by atoms with van der Waals surface area (Å²) < 4.78 is 14.7. The highest BCUT2D eigenvalue weighted by Crippen LogP contribution is 2.28. The molecule has 0 amide bonds. The van der Waals surface area contributed by atoms with E-state index in [1.54, 1.807) is 18.2 Å². The highest BCUT2D eigenvalue weighted by Gasteiger charge is 2.10. The van der Waals surface area contributed by atoms with Crippen LogP contribution in [0.4, 0.5) is 0 Å². The molecule has 0 spiro atoms. The lowest BCUT2D eigenvalue weighted by atomic mass is 10.2. The van der Waals surface area contributed by atoms with E-state index in [0.717, 1.165) is 0 Å². The molecule has 0 radical (unpaired) electrons. The van der Waals surface area contributed by atoms with Gasteiger partial charge in [0.15, 0.2) is 11.5 Å². The molecular weight excluding hydrogens is 196 g/mol. The summed E-state index contributed by atoms with van der Waals surface area (Å²) in [4.78, 5) is 11.2. The number of hydrogen-bond acceptors (Lipinski definition) is 4. The van der Waals surface area contributed by atoms with Crippen molar-refractivity contribution >= 4 is 5.97 Å². The molecule has 1 rings (SSSR count). The first-order chi connectivity index (χ1) is 7.22. The van der Waals surface area contributed by atoms with Crippen LogP contribution in [-0.2, 0) is 4.74 Å². The zero-order valence-electron chi connectivity index (χ0n) is 8.65. The summed E-state index contributed by atoms with van der Waals surface area (Å²) in [6.45, 7) is 3.44. The lowest BCUT2D eigenvalue weighted by molar-refractivity contribution is 0.0600. The SMILES string of the molecule is C=COc1ccc(C(=O)OC)cc1OC. The van der Waals surface area contributed by atoms with Crippen LogP contribution in [0, 0.1) is 0 Å². The summed E-state index contributed by atoms with van der Waals surface area (Å²) in [6.07, 6.45) is 1.29. The summed E-state index contributed by atoms with van der Waals surface area (Å²) in [5.74, 6) is 0.538. The van der Waals surface area contributed by atoms with E-state index < -0.39 is 5.97 Å². The third kappa shape index (κ3) is 2.49. The van der Waals surface area contributed by atoms with Crippen LogP contribution in [0.25, 0.3) is 0 Å². The molecule has 0 bridgehead atoms. The van der Waals surface area contributed by atoms with Gasteiger partial charge in [0.05, 0.1) is 26.0 Å². The van der Waals surface area contributed by atoms with Gasteiger partial charge in [-0.2, -0.15) is 0 Å². The Kier molecular flexibility index (Phi) is 3.74. The highest BCUT2D eigenvalue weighted by atomic mass is 16.5. The Morgan fingerprint density at radius 1 is 1.33 bits per heavy atom. The summed E-state index contributed by atoms with van der Waals surface area (Å²) >= 11 is 0. The predicted molar refractivity (Wildman–Crippen MR) is 55.2 cm³/mol. The number of rotatable bonds is 4. The third-order valence-electron chi connectivity index (χ3n) is 1.80. The van der Waals surface area contributed by atoms with Gasteiger partial charge in [0, 0.05) is 0 Å². The summed E-state index contributed by atoms with van der Waals surface area (Å²) in [6, 6.07) is 4.75. The molecule has 0 atom stereocenters. The summed E-state index contributed by atoms with van der Waals surface area (Å²) in [7, 11) is 2.81. The van der Waals surface area contributed by atoms with E-state index in [1.807, 2.05) is 0 Å². The number of carbonyl (C=O) groups excluding carboxylic acids is 1. The molecule has 0 unspecified atom stereocenters. The average Bonchev–Trinajstić information content (AvgIpc) is 2.29. The maximum Gasteiger partial charge on any atom is 0.337 e. The van der Waals surface area contributed by atoms with Crippen molar-refractivity contribution in [3.05, 3.63) is 36.6 Å². The lowest BCUT2D eigenvalue weighted by Gasteiger charge is -2.08. The smallest absolute Gasteiger partial charge is 0.337 e. The lowest BCUT2D eigenvalue weighted by Crippen LogP contribution is -2.01. The predicted octanol–water partition coefficient (Wildman–Crippen LogP) is 2.00. The number of methoxy groups -OCH3 is 2. The zero-order valence-corrected chi connectivity index (χ0v) is 8.65. The fourth-order valence-electron chi connectivity index (χ4n) is 1.10. The maximum atomic E-state index is 11.2. The van der Waals surface area contributed by atoms with Crippen LogP contribution in [0.1, 0.15) is 10.4 Å². The van der Waals surface area contributed by atoms with Crippen molar-refractivity contribution in [3.8, 4) is 11.5 Å². The molecule has 0 saturated carbocycles. The van der Waals surface area contributed by atoms with Gasteiger partial charge < -0.3 is 14.2 Å². The molecule has 0 saturated heterocycles. The summed E-state index contributed by atoms with van der Waals surface area (Å²) in [5.41, 5.74) is 0.408. The van der Waals surface area contributed by atoms with Crippen LogP contribution in [0.3, 0.4) is 0 Å². The second-order valence-corrected chi connectivity index (χ2v) is 2.64. The number of carbonyl (C=O) groups is 1. The van der Waals surface area contributed by atoms with Crippen LogP contribution in [-0.4, -0.2) is 20.2 Å². The molecule has 0 aliphatic heterocycles. The van der Waals surface area contributed by atoms with Crippen molar-refractivity contribution in [1.29, 1.82) is 0 Å². The molecule has 0 aliphatic carbocycles. The minimum absolute atomic E-state index is 0.408. The van der Waals surface area contributed by atoms with Crippen molar-refractivity contribution in [3.63, 3.8) is 0 Å². The number of benzene rings is 1. The largest absolute Gasteiger partial charge is 0.493 e. The molecule has 0 aliphatic rings. The van der Waals surface area contributed by atoms with Gasteiger partial charge >= 0.3 is 5.97 Å². The monoisotopic (exact) mass is 208 g/mol. The highest BCUT2D eigenvalue weighted by molar-refractivity contribution is 5.90. The van der Waals surface area contributed by atoms with Crippen molar-refractivity contribution in [2.75, 3.05) is 14.2 Å². The van der Waals surface area contributed by atoms with Crippen LogP contribution < -0.4 is 9.47 Å². The van der Waals surface area contributed by atoms with E-state index in [-0.39, 0.29) is 0 Å². The van der Waals surface area contributed by atoms with Gasteiger partial charge in [0.1, 0.15) is 0 Å². The van der Waals surface area contributed by atoms with E-state index in [1.165, 1.54) is 20.5 Å². The molecule has 4 nitrogen and oxygen atoms in total. The van der Waals surface area contributed by atoms with Gasteiger partial charge in [-0.1, -0.05) is 6.58 Å². The van der Waals surface area contributed by atoms with Gasteiger partial charge in [-0.25, -0.2) is 4.79 Å². The van der Waals surface area contributed by atoms with Crippen LogP contribution >= 0.6 is 0 Å². The topological polar surface area (TPSA) is 44.8 Å². The fourth-order valence-corrected chi connectivity index (χ4v) is 1.10. The average molecular weight is 208 g/mol. The van der Waals surface area contributed by atoms with Crippen LogP contribution in [0.5, 0.6) is 11.5 Å². The Hall–Kier alpha value is -1.97. The first-order valence-electron chi connectivity index (χ1n) is 4.26. The van der Waals surface area contributed by atoms with Crippen LogP contribution in [0.15, 0.2) is 31.0 Å². The Bertz CT molecular complexity index is 371. The first-order valence-corrected chi connectivity index (χ1v) is 4.26. The maximum absolute atomic E-state index is 11.2. The second-order valence-electron chi connectivity index (χ2n) is 2.64. The quantitative estimate of drug-likeness (QED) is 0.560. The third-order valence-corrected chi connectivity index (χ3v) is 1.80. The van der Waals surface area contributed by atoms with Gasteiger partial charge in [0.25, 0.3) is 0 Å². The Balaban J connectivity index is 3.06. The van der Waals surface area contributed by atoms with Gasteiger partial charge in [0.2, 0.25) is 0 Å². The van der Waals surface area contributed by atoms with Crippen molar-refractivity contribution in [1.82, 2.24) is 0 Å². The van der Waals surface area contributed by atoms with Crippen molar-refractivity contribution in [2.45, 2.75) is 0 Å². The Labute approximate surface area is 88.1 Å². The Morgan fingerprint density at radius 2 is 2.07 bits per heavy atom. The normalized spacial score (nSPS) is 9.20. The van der Waals surface area contributed by atoms with E-state index in [0.29, 0.717) is 17.1 Å². The molecular formula is C11H12O4. The second kappa shape index (κ2) is 5.05. The van der Waals surface area contributed by atoms with Crippen molar-refractivity contribution < 1.29 is 19.0 Å². The number of ether oxygens (including phenoxy) is 3. The molecule has 0 fully saturated rings. The fraction of sp³-hybridized carbons (Fsp3) is 0.182. The standard InChI is InChI=1S/C11H12O4/c1-4-15-9-6-5-8(11(12)14-3)7-10(9)13-2/h4-7H,1H2,2-3H3. The number of hydrogen-bond donors (Lipinski definition) is 0. The first kappa shape index (κ1) is 11.1. The van der Waals surface area contributed by atoms with E-state index in [4.69, 9.17) is 9.47 Å². The molecule has 4 heteroatoms. The summed E-state index contributed by atoms with van der Waals surface area (Å²) in [5, 5.41) is 0. The minimum Gasteiger partial charge on any atom is -0.493 e. The molecule has 0 heterocycles. The molecule has 1 aromatic rings. The van der Waals surface area contributed by atoms with E-state index in [9.17, 15) is 4.79 Å². The van der Waals surface area contributed by atoms with Gasteiger partial charge in [-0.05, 0) is 18.2 Å². The van der Waals surface area contributed by atoms with Gasteiger partial charge in [-0.3, -0.25) is 0 Å². The Morgan fingerprint density at radius 3 is 2.60 bits per heavy atom. The zero-order chi connectivity index (χ0) is 11.3. The minimum atomic E-state index is -0.418. The molecule has 0 N–H and O–H groups in total. The van der Waals surface area contributed by atoms with E-state index >= 15 is 0 Å².